The average molecular weight is 576 g/mol. The number of aromatic nitrogens is 4. The number of benzene rings is 1. The summed E-state index contributed by atoms with van der Waals surface area (Å²) >= 11 is 0. The van der Waals surface area contributed by atoms with E-state index in [-0.39, 0.29) is 34.6 Å². The van der Waals surface area contributed by atoms with Crippen LogP contribution in [-0.2, 0) is 19.4 Å². The zero-order valence-electron chi connectivity index (χ0n) is 25.4. The Bertz CT molecular complexity index is 1400. The molecule has 6 rings (SSSR count). The van der Waals surface area contributed by atoms with E-state index >= 15 is 0 Å². The Hall–Kier alpha value is -3.66. The molecule has 0 atom stereocenters. The Balaban J connectivity index is 0.00000173. The lowest BCUT2D eigenvalue weighted by Gasteiger charge is -2.59. The van der Waals surface area contributed by atoms with Crippen molar-refractivity contribution in [2.24, 2.45) is 11.3 Å². The maximum absolute atomic E-state index is 14.2. The van der Waals surface area contributed by atoms with E-state index in [2.05, 4.69) is 36.4 Å². The summed E-state index contributed by atoms with van der Waals surface area (Å²) in [5.41, 5.74) is 4.53. The van der Waals surface area contributed by atoms with Crippen LogP contribution in [0.5, 0.6) is 11.6 Å². The highest BCUT2D eigenvalue weighted by Crippen LogP contribution is 2.54. The number of anilines is 1. The molecule has 1 aliphatic carbocycles. The molecule has 3 aliphatic rings. The molecule has 3 aromatic rings. The minimum Gasteiger partial charge on any atom is -0.434 e. The molecule has 0 unspecified atom stereocenters. The minimum atomic E-state index is -0.499. The van der Waals surface area contributed by atoms with Gasteiger partial charge in [-0.05, 0) is 81.3 Å². The van der Waals surface area contributed by atoms with Gasteiger partial charge < -0.3 is 19.9 Å². The number of rotatable bonds is 8. The lowest BCUT2D eigenvalue weighted by molar-refractivity contribution is 0.0230. The van der Waals surface area contributed by atoms with Gasteiger partial charge in [-0.3, -0.25) is 9.78 Å². The number of carbonyl (C=O) groups is 1. The van der Waals surface area contributed by atoms with E-state index < -0.39 is 5.82 Å². The topological polar surface area (TPSA) is 96.4 Å². The van der Waals surface area contributed by atoms with E-state index in [0.29, 0.717) is 18.3 Å². The molecular formula is C32H42FN7O2. The minimum absolute atomic E-state index is 0.0356. The smallest absolute Gasteiger partial charge is 0.282 e. The van der Waals surface area contributed by atoms with Crippen LogP contribution < -0.4 is 15.0 Å². The Kier molecular flexibility index (Phi) is 9.01. The van der Waals surface area contributed by atoms with Crippen LogP contribution in [0.3, 0.4) is 0 Å². The van der Waals surface area contributed by atoms with Gasteiger partial charge in [0.05, 0.1) is 5.56 Å². The van der Waals surface area contributed by atoms with Crippen LogP contribution in [0.25, 0.3) is 0 Å². The summed E-state index contributed by atoms with van der Waals surface area (Å²) in [4.78, 5) is 26.1. The third kappa shape index (κ3) is 5.95. The summed E-state index contributed by atoms with van der Waals surface area (Å²) in [5.74, 6) is 0.934. The second kappa shape index (κ2) is 12.7. The molecular weight excluding hydrogens is 533 g/mol. The third-order valence-corrected chi connectivity index (χ3v) is 8.56. The van der Waals surface area contributed by atoms with Crippen LogP contribution >= 0.6 is 0 Å². The van der Waals surface area contributed by atoms with Crippen molar-refractivity contribution < 1.29 is 13.9 Å². The predicted molar refractivity (Wildman–Crippen MR) is 160 cm³/mol. The molecule has 1 saturated carbocycles. The first-order valence-electron chi connectivity index (χ1n) is 15.2. The summed E-state index contributed by atoms with van der Waals surface area (Å²) in [6.07, 6.45) is 7.84. The Labute approximate surface area is 247 Å². The van der Waals surface area contributed by atoms with E-state index in [9.17, 15) is 9.18 Å². The lowest BCUT2D eigenvalue weighted by Crippen LogP contribution is -2.63. The summed E-state index contributed by atoms with van der Waals surface area (Å²) in [5, 5.41) is 11.6. The van der Waals surface area contributed by atoms with Crippen LogP contribution in [0.4, 0.5) is 10.2 Å². The Morgan fingerprint density at radius 2 is 2.00 bits per heavy atom. The number of hydrogen-bond donors (Lipinski definition) is 1. The molecule has 1 saturated heterocycles. The molecule has 10 heteroatoms. The molecule has 2 aliphatic heterocycles. The van der Waals surface area contributed by atoms with E-state index in [4.69, 9.17) is 4.74 Å². The van der Waals surface area contributed by atoms with Crippen molar-refractivity contribution in [3.05, 3.63) is 65.0 Å². The molecule has 224 valence electrons. The number of nitrogens with one attached hydrogen (secondary N) is 1. The number of ether oxygens (including phenoxy) is 1. The van der Waals surface area contributed by atoms with Gasteiger partial charge >= 0.3 is 0 Å². The van der Waals surface area contributed by atoms with Gasteiger partial charge in [-0.25, -0.2) is 9.37 Å². The van der Waals surface area contributed by atoms with Crippen molar-refractivity contribution in [1.82, 2.24) is 30.4 Å². The SMILES string of the molecule is CC.CCN(C(=O)c1cc(F)ccc1Oc1nncnc1N1CC2(CC(Cc3ccnc4c3CNCC4)C2)C1)C(C)C. The fourth-order valence-corrected chi connectivity index (χ4v) is 6.72. The fraction of sp³-hybridized carbons (Fsp3) is 0.531. The number of fused-ring (bicyclic) bond motifs is 1. The maximum Gasteiger partial charge on any atom is 0.282 e. The molecule has 1 spiro atoms. The van der Waals surface area contributed by atoms with Crippen molar-refractivity contribution in [2.75, 3.05) is 31.1 Å². The predicted octanol–water partition coefficient (Wildman–Crippen LogP) is 5.20. The van der Waals surface area contributed by atoms with Gasteiger partial charge in [0.1, 0.15) is 17.9 Å². The molecule has 42 heavy (non-hydrogen) atoms. The molecule has 4 heterocycles. The normalized spacial score (nSPS) is 17.1. The van der Waals surface area contributed by atoms with Crippen LogP contribution in [0.1, 0.15) is 74.6 Å². The highest BCUT2D eigenvalue weighted by atomic mass is 19.1. The van der Waals surface area contributed by atoms with Crippen molar-refractivity contribution in [3.8, 4) is 11.6 Å². The fourth-order valence-electron chi connectivity index (χ4n) is 6.72. The summed E-state index contributed by atoms with van der Waals surface area (Å²) in [6, 6.07) is 6.12. The second-order valence-corrected chi connectivity index (χ2v) is 11.7. The summed E-state index contributed by atoms with van der Waals surface area (Å²) < 4.78 is 20.3. The number of amides is 1. The molecule has 0 radical (unpaired) electrons. The average Bonchev–Trinajstić information content (AvgIpc) is 2.96. The van der Waals surface area contributed by atoms with Crippen molar-refractivity contribution >= 4 is 11.7 Å². The van der Waals surface area contributed by atoms with Gasteiger partial charge in [0.25, 0.3) is 11.8 Å². The van der Waals surface area contributed by atoms with Crippen molar-refractivity contribution in [3.63, 3.8) is 0 Å². The molecule has 1 amide bonds. The highest BCUT2D eigenvalue weighted by Gasteiger charge is 2.53. The van der Waals surface area contributed by atoms with Crippen LogP contribution in [0, 0.1) is 17.2 Å². The Morgan fingerprint density at radius 1 is 1.21 bits per heavy atom. The van der Waals surface area contributed by atoms with Gasteiger partial charge in [0.15, 0.2) is 5.82 Å². The van der Waals surface area contributed by atoms with Gasteiger partial charge in [-0.2, -0.15) is 0 Å². The molecule has 1 aromatic carbocycles. The molecule has 9 nitrogen and oxygen atoms in total. The lowest BCUT2D eigenvalue weighted by atomic mass is 9.56. The second-order valence-electron chi connectivity index (χ2n) is 11.7. The van der Waals surface area contributed by atoms with Gasteiger partial charge in [-0.1, -0.05) is 13.8 Å². The monoisotopic (exact) mass is 575 g/mol. The molecule has 2 fully saturated rings. The molecule has 1 N–H and O–H groups in total. The number of nitrogens with zero attached hydrogens (tertiary/aromatic N) is 6. The number of carbonyl (C=O) groups excluding carboxylic acids is 1. The number of pyridine rings is 1. The largest absolute Gasteiger partial charge is 0.434 e. The first-order valence-corrected chi connectivity index (χ1v) is 15.2. The number of halogens is 1. The maximum atomic E-state index is 14.2. The first-order chi connectivity index (χ1) is 20.4. The van der Waals surface area contributed by atoms with Gasteiger partial charge in [0, 0.05) is 62.5 Å². The summed E-state index contributed by atoms with van der Waals surface area (Å²) in [7, 11) is 0. The van der Waals surface area contributed by atoms with Crippen LogP contribution in [-0.4, -0.2) is 63.2 Å². The van der Waals surface area contributed by atoms with Crippen molar-refractivity contribution in [2.45, 2.75) is 72.9 Å². The third-order valence-electron chi connectivity index (χ3n) is 8.56. The van der Waals surface area contributed by atoms with E-state index in [0.717, 1.165) is 39.0 Å². The zero-order valence-corrected chi connectivity index (χ0v) is 25.4. The van der Waals surface area contributed by atoms with E-state index in [1.807, 2.05) is 40.8 Å². The Morgan fingerprint density at radius 3 is 2.74 bits per heavy atom. The molecule has 2 aromatic heterocycles. The first kappa shape index (κ1) is 29.8. The zero-order chi connectivity index (χ0) is 29.9. The van der Waals surface area contributed by atoms with Crippen LogP contribution in [0.2, 0.25) is 0 Å². The van der Waals surface area contributed by atoms with Gasteiger partial charge in [-0.15, -0.1) is 10.2 Å². The van der Waals surface area contributed by atoms with E-state index in [1.54, 1.807) is 4.90 Å². The quantitative estimate of drug-likeness (QED) is 0.392. The highest BCUT2D eigenvalue weighted by molar-refractivity contribution is 5.97. The van der Waals surface area contributed by atoms with Crippen LogP contribution in [0.15, 0.2) is 36.8 Å². The van der Waals surface area contributed by atoms with E-state index in [1.165, 1.54) is 54.2 Å². The van der Waals surface area contributed by atoms with Gasteiger partial charge in [0.2, 0.25) is 0 Å². The summed E-state index contributed by atoms with van der Waals surface area (Å²) in [6.45, 7) is 13.9. The standard InChI is InChI=1S/C30H36FN7O2.C2H6/c1-4-38(19(2)3)29(39)23-12-22(31)5-6-26(23)40-28-27(34-18-35-36-28)37-16-30(17-37)13-20(14-30)11-21-7-10-33-25-8-9-32-15-24(21)25;1-2/h5-7,10,12,18-20,32H,4,8-9,11,13-17H2,1-3H3;1-2H3. The molecule has 0 bridgehead atoms. The number of hydrogen-bond acceptors (Lipinski definition) is 8. The van der Waals surface area contributed by atoms with Crippen molar-refractivity contribution in [1.29, 1.82) is 0 Å².